The SMILES string of the molecule is CC(C)C(NCC(=O)Nc1ccc(C#N)cc1)C(O)c1ccccc1. The first kappa shape index (κ1) is 18.7. The molecule has 0 aromatic heterocycles. The van der Waals surface area contributed by atoms with Crippen LogP contribution in [0.3, 0.4) is 0 Å². The van der Waals surface area contributed by atoms with Crippen LogP contribution in [-0.2, 0) is 4.79 Å². The first-order valence-corrected chi connectivity index (χ1v) is 8.27. The maximum Gasteiger partial charge on any atom is 0.238 e. The molecule has 1 amide bonds. The average molecular weight is 337 g/mol. The van der Waals surface area contributed by atoms with Crippen molar-refractivity contribution in [3.05, 3.63) is 65.7 Å². The van der Waals surface area contributed by atoms with Crippen molar-refractivity contribution in [3.8, 4) is 6.07 Å². The molecule has 2 rings (SSSR count). The van der Waals surface area contributed by atoms with Gasteiger partial charge in [-0.3, -0.25) is 4.79 Å². The third-order valence-electron chi connectivity index (χ3n) is 4.00. The van der Waals surface area contributed by atoms with Gasteiger partial charge in [0.05, 0.1) is 24.3 Å². The molecular weight excluding hydrogens is 314 g/mol. The zero-order chi connectivity index (χ0) is 18.2. The molecule has 0 fully saturated rings. The normalized spacial score (nSPS) is 13.1. The highest BCUT2D eigenvalue weighted by molar-refractivity contribution is 5.92. The quantitative estimate of drug-likeness (QED) is 0.725. The number of hydrogen-bond acceptors (Lipinski definition) is 4. The van der Waals surface area contributed by atoms with Gasteiger partial charge in [0, 0.05) is 11.7 Å². The maximum absolute atomic E-state index is 12.1. The molecule has 5 heteroatoms. The van der Waals surface area contributed by atoms with Crippen LogP contribution in [0.5, 0.6) is 0 Å². The first-order valence-electron chi connectivity index (χ1n) is 8.27. The lowest BCUT2D eigenvalue weighted by molar-refractivity contribution is -0.115. The van der Waals surface area contributed by atoms with Gasteiger partial charge in [-0.1, -0.05) is 44.2 Å². The van der Waals surface area contributed by atoms with Crippen molar-refractivity contribution < 1.29 is 9.90 Å². The fourth-order valence-electron chi connectivity index (χ4n) is 2.61. The number of aliphatic hydroxyl groups is 1. The molecule has 2 aromatic rings. The van der Waals surface area contributed by atoms with E-state index in [2.05, 4.69) is 10.6 Å². The predicted octanol–water partition coefficient (Wildman–Crippen LogP) is 2.84. The molecular formula is C20H23N3O2. The molecule has 2 unspecified atom stereocenters. The molecule has 0 heterocycles. The van der Waals surface area contributed by atoms with Crippen LogP contribution in [0.2, 0.25) is 0 Å². The summed E-state index contributed by atoms with van der Waals surface area (Å²) in [5.41, 5.74) is 2.00. The summed E-state index contributed by atoms with van der Waals surface area (Å²) in [6.45, 7) is 4.09. The minimum Gasteiger partial charge on any atom is -0.387 e. The summed E-state index contributed by atoms with van der Waals surface area (Å²) in [5, 5.41) is 25.3. The summed E-state index contributed by atoms with van der Waals surface area (Å²) in [6.07, 6.45) is -0.691. The fraction of sp³-hybridized carbons (Fsp3) is 0.300. The third-order valence-corrected chi connectivity index (χ3v) is 4.00. The van der Waals surface area contributed by atoms with E-state index in [1.54, 1.807) is 24.3 Å². The highest BCUT2D eigenvalue weighted by Gasteiger charge is 2.24. The fourth-order valence-corrected chi connectivity index (χ4v) is 2.61. The second kappa shape index (κ2) is 8.97. The minimum absolute atomic E-state index is 0.0900. The van der Waals surface area contributed by atoms with Crippen molar-refractivity contribution in [2.45, 2.75) is 26.0 Å². The number of carbonyl (C=O) groups is 1. The Bertz CT molecular complexity index is 721. The molecule has 130 valence electrons. The average Bonchev–Trinajstić information content (AvgIpc) is 2.62. The van der Waals surface area contributed by atoms with E-state index < -0.39 is 6.10 Å². The van der Waals surface area contributed by atoms with Gasteiger partial charge in [0.25, 0.3) is 0 Å². The molecule has 2 aromatic carbocycles. The smallest absolute Gasteiger partial charge is 0.238 e. The van der Waals surface area contributed by atoms with Gasteiger partial charge < -0.3 is 15.7 Å². The van der Waals surface area contributed by atoms with Gasteiger partial charge >= 0.3 is 0 Å². The lowest BCUT2D eigenvalue weighted by Gasteiger charge is -2.27. The molecule has 0 aliphatic carbocycles. The van der Waals surface area contributed by atoms with Gasteiger partial charge in [-0.05, 0) is 35.7 Å². The summed E-state index contributed by atoms with van der Waals surface area (Å²) < 4.78 is 0. The van der Waals surface area contributed by atoms with Crippen LogP contribution in [0.25, 0.3) is 0 Å². The number of rotatable bonds is 7. The summed E-state index contributed by atoms with van der Waals surface area (Å²) in [4.78, 5) is 12.1. The lowest BCUT2D eigenvalue weighted by Crippen LogP contribution is -2.43. The first-order chi connectivity index (χ1) is 12.0. The number of anilines is 1. The van der Waals surface area contributed by atoms with E-state index in [-0.39, 0.29) is 24.4 Å². The molecule has 0 bridgehead atoms. The van der Waals surface area contributed by atoms with Gasteiger partial charge in [-0.2, -0.15) is 5.26 Å². The van der Waals surface area contributed by atoms with Crippen LogP contribution in [0.1, 0.15) is 31.1 Å². The van der Waals surface area contributed by atoms with Crippen molar-refractivity contribution in [2.75, 3.05) is 11.9 Å². The number of amides is 1. The molecule has 0 saturated heterocycles. The van der Waals surface area contributed by atoms with E-state index in [0.29, 0.717) is 11.3 Å². The van der Waals surface area contributed by atoms with Crippen molar-refractivity contribution in [3.63, 3.8) is 0 Å². The highest BCUT2D eigenvalue weighted by atomic mass is 16.3. The number of aliphatic hydroxyl groups excluding tert-OH is 1. The van der Waals surface area contributed by atoms with Crippen molar-refractivity contribution >= 4 is 11.6 Å². The van der Waals surface area contributed by atoms with Crippen LogP contribution in [0, 0.1) is 17.2 Å². The Morgan fingerprint density at radius 1 is 1.12 bits per heavy atom. The second-order valence-corrected chi connectivity index (χ2v) is 6.24. The summed E-state index contributed by atoms with van der Waals surface area (Å²) in [5.74, 6) is -0.0477. The van der Waals surface area contributed by atoms with E-state index in [0.717, 1.165) is 5.56 Å². The maximum atomic E-state index is 12.1. The number of carbonyl (C=O) groups excluding carboxylic acids is 1. The van der Waals surface area contributed by atoms with Gasteiger partial charge in [0.2, 0.25) is 5.91 Å². The third kappa shape index (κ3) is 5.42. The van der Waals surface area contributed by atoms with Crippen molar-refractivity contribution in [2.24, 2.45) is 5.92 Å². The number of nitriles is 1. The molecule has 0 saturated carbocycles. The second-order valence-electron chi connectivity index (χ2n) is 6.24. The van der Waals surface area contributed by atoms with Crippen LogP contribution in [-0.4, -0.2) is 23.6 Å². The van der Waals surface area contributed by atoms with Crippen molar-refractivity contribution in [1.29, 1.82) is 5.26 Å². The molecule has 0 radical (unpaired) electrons. The number of hydrogen-bond donors (Lipinski definition) is 3. The lowest BCUT2D eigenvalue weighted by atomic mass is 9.93. The van der Waals surface area contributed by atoms with Crippen molar-refractivity contribution in [1.82, 2.24) is 5.32 Å². The Morgan fingerprint density at radius 2 is 1.76 bits per heavy atom. The Hall–Kier alpha value is -2.68. The van der Waals surface area contributed by atoms with Crippen LogP contribution < -0.4 is 10.6 Å². The van der Waals surface area contributed by atoms with E-state index >= 15 is 0 Å². The van der Waals surface area contributed by atoms with Gasteiger partial charge in [0.15, 0.2) is 0 Å². The number of nitrogens with zero attached hydrogens (tertiary/aromatic N) is 1. The zero-order valence-corrected chi connectivity index (χ0v) is 14.4. The van der Waals surface area contributed by atoms with Crippen LogP contribution in [0.15, 0.2) is 54.6 Å². The van der Waals surface area contributed by atoms with Gasteiger partial charge in [-0.25, -0.2) is 0 Å². The molecule has 3 N–H and O–H groups in total. The Morgan fingerprint density at radius 3 is 2.32 bits per heavy atom. The standard InChI is InChI=1S/C20H23N3O2/c1-14(2)19(20(25)16-6-4-3-5-7-16)22-13-18(24)23-17-10-8-15(12-21)9-11-17/h3-11,14,19-20,22,25H,13H2,1-2H3,(H,23,24). The zero-order valence-electron chi connectivity index (χ0n) is 14.4. The number of nitrogens with one attached hydrogen (secondary N) is 2. The summed E-state index contributed by atoms with van der Waals surface area (Å²) in [7, 11) is 0. The highest BCUT2D eigenvalue weighted by Crippen LogP contribution is 2.21. The van der Waals surface area contributed by atoms with Gasteiger partial charge in [-0.15, -0.1) is 0 Å². The molecule has 0 aliphatic heterocycles. The Kier molecular flexibility index (Phi) is 6.70. The van der Waals surface area contributed by atoms with Crippen LogP contribution >= 0.6 is 0 Å². The predicted molar refractivity (Wildman–Crippen MR) is 97.8 cm³/mol. The molecule has 2 atom stereocenters. The topological polar surface area (TPSA) is 85.2 Å². The minimum atomic E-state index is -0.691. The Balaban J connectivity index is 1.93. The summed E-state index contributed by atoms with van der Waals surface area (Å²) >= 11 is 0. The molecule has 0 aliphatic rings. The Labute approximate surface area is 148 Å². The van der Waals surface area contributed by atoms with E-state index in [9.17, 15) is 9.90 Å². The monoisotopic (exact) mass is 337 g/mol. The summed E-state index contributed by atoms with van der Waals surface area (Å²) in [6, 6.07) is 17.9. The number of benzene rings is 2. The van der Waals surface area contributed by atoms with Crippen LogP contribution in [0.4, 0.5) is 5.69 Å². The molecule has 0 spiro atoms. The molecule has 5 nitrogen and oxygen atoms in total. The van der Waals surface area contributed by atoms with E-state index in [1.165, 1.54) is 0 Å². The molecule has 25 heavy (non-hydrogen) atoms. The van der Waals surface area contributed by atoms with E-state index in [4.69, 9.17) is 5.26 Å². The van der Waals surface area contributed by atoms with Gasteiger partial charge in [0.1, 0.15) is 0 Å². The van der Waals surface area contributed by atoms with E-state index in [1.807, 2.05) is 50.2 Å². The largest absolute Gasteiger partial charge is 0.387 e.